The van der Waals surface area contributed by atoms with Gasteiger partial charge in [-0.15, -0.1) is 0 Å². The van der Waals surface area contributed by atoms with Crippen molar-refractivity contribution in [2.24, 2.45) is 5.92 Å². The Kier molecular flexibility index (Phi) is 5.39. The van der Waals surface area contributed by atoms with E-state index in [0.717, 1.165) is 18.2 Å². The predicted molar refractivity (Wildman–Crippen MR) is 74.4 cm³/mol. The highest BCUT2D eigenvalue weighted by Gasteiger charge is 2.22. The number of hydrogen-bond donors (Lipinski definition) is 2. The molecule has 0 saturated heterocycles. The van der Waals surface area contributed by atoms with Crippen LogP contribution in [-0.4, -0.2) is 31.0 Å². The van der Waals surface area contributed by atoms with E-state index in [9.17, 15) is 23.3 Å². The second-order valence-electron chi connectivity index (χ2n) is 4.50. The molecule has 0 aromatic heterocycles. The number of non-ortho nitro benzene ring substituents is 1. The molecule has 21 heavy (non-hydrogen) atoms. The molecule has 116 valence electrons. The molecule has 1 aromatic carbocycles. The Morgan fingerprint density at radius 1 is 1.48 bits per heavy atom. The molecule has 0 bridgehead atoms. The van der Waals surface area contributed by atoms with Crippen LogP contribution >= 0.6 is 0 Å². The first-order valence-electron chi connectivity index (χ1n) is 6.16. The first-order valence-corrected chi connectivity index (χ1v) is 7.65. The van der Waals surface area contributed by atoms with Crippen molar-refractivity contribution < 1.29 is 23.2 Å². The lowest BCUT2D eigenvalue weighted by Gasteiger charge is -2.12. The van der Waals surface area contributed by atoms with Gasteiger partial charge in [0.05, 0.1) is 15.7 Å². The number of carboxylic acid groups (broad SMARTS) is 1. The molecule has 0 aliphatic rings. The lowest BCUT2D eigenvalue weighted by atomic mass is 10.1. The molecule has 0 amide bonds. The number of nitro groups is 1. The van der Waals surface area contributed by atoms with Gasteiger partial charge in [0.15, 0.2) is 0 Å². The zero-order chi connectivity index (χ0) is 16.2. The van der Waals surface area contributed by atoms with Crippen molar-refractivity contribution in [3.63, 3.8) is 0 Å². The average molecular weight is 316 g/mol. The molecule has 0 radical (unpaired) electrons. The van der Waals surface area contributed by atoms with Crippen LogP contribution in [0.3, 0.4) is 0 Å². The number of rotatable bonds is 7. The molecule has 0 saturated carbocycles. The molecule has 1 unspecified atom stereocenters. The Morgan fingerprint density at radius 3 is 2.52 bits per heavy atom. The monoisotopic (exact) mass is 316 g/mol. The van der Waals surface area contributed by atoms with Crippen molar-refractivity contribution >= 4 is 21.7 Å². The number of nitro benzene ring substituents is 1. The van der Waals surface area contributed by atoms with E-state index in [0.29, 0.717) is 0 Å². The molecule has 1 aromatic rings. The smallest absolute Gasteiger partial charge is 0.307 e. The third kappa shape index (κ3) is 4.23. The van der Waals surface area contributed by atoms with Gasteiger partial charge in [0.1, 0.15) is 0 Å². The summed E-state index contributed by atoms with van der Waals surface area (Å²) in [4.78, 5) is 20.8. The summed E-state index contributed by atoms with van der Waals surface area (Å²) < 4.78 is 26.4. The summed E-state index contributed by atoms with van der Waals surface area (Å²) in [5.41, 5.74) is 0.0171. The van der Waals surface area contributed by atoms with E-state index >= 15 is 0 Å². The third-order valence-electron chi connectivity index (χ3n) is 3.02. The van der Waals surface area contributed by atoms with Crippen molar-refractivity contribution in [1.82, 2.24) is 4.72 Å². The van der Waals surface area contributed by atoms with Crippen molar-refractivity contribution in [1.29, 1.82) is 0 Å². The minimum absolute atomic E-state index is 0.103. The largest absolute Gasteiger partial charge is 0.481 e. The highest BCUT2D eigenvalue weighted by atomic mass is 32.2. The second-order valence-corrected chi connectivity index (χ2v) is 6.24. The number of sulfonamides is 1. The first kappa shape index (κ1) is 17.1. The fraction of sp³-hybridized carbons (Fsp3) is 0.417. The van der Waals surface area contributed by atoms with Crippen LogP contribution < -0.4 is 4.72 Å². The zero-order valence-electron chi connectivity index (χ0n) is 11.6. The fourth-order valence-electron chi connectivity index (χ4n) is 1.74. The average Bonchev–Trinajstić information content (AvgIpc) is 2.38. The topological polar surface area (TPSA) is 127 Å². The molecule has 1 rings (SSSR count). The molecular weight excluding hydrogens is 300 g/mol. The molecule has 0 spiro atoms. The summed E-state index contributed by atoms with van der Waals surface area (Å²) in [6.07, 6.45) is 0.289. The van der Waals surface area contributed by atoms with E-state index in [2.05, 4.69) is 4.72 Å². The summed E-state index contributed by atoms with van der Waals surface area (Å²) in [5, 5.41) is 19.5. The van der Waals surface area contributed by atoms with Gasteiger partial charge in [0.25, 0.3) is 5.69 Å². The van der Waals surface area contributed by atoms with Crippen molar-refractivity contribution in [3.05, 3.63) is 33.9 Å². The van der Waals surface area contributed by atoms with Gasteiger partial charge >= 0.3 is 5.97 Å². The molecular formula is C12H16N2O6S. The number of aliphatic carboxylic acids is 1. The quantitative estimate of drug-likeness (QED) is 0.576. The number of nitrogens with zero attached hydrogens (tertiary/aromatic N) is 1. The van der Waals surface area contributed by atoms with Crippen molar-refractivity contribution in [3.8, 4) is 0 Å². The molecule has 2 N–H and O–H groups in total. The van der Waals surface area contributed by atoms with Gasteiger partial charge in [-0.1, -0.05) is 6.92 Å². The van der Waals surface area contributed by atoms with Crippen LogP contribution in [0.1, 0.15) is 18.9 Å². The SMILES string of the molecule is CCC(CNS(=O)(=O)c1ccc([N+](=O)[O-])cc1C)C(=O)O. The maximum absolute atomic E-state index is 12.1. The maximum Gasteiger partial charge on any atom is 0.307 e. The third-order valence-corrected chi connectivity index (χ3v) is 4.60. The number of hydrogen-bond acceptors (Lipinski definition) is 5. The Bertz CT molecular complexity index is 656. The summed E-state index contributed by atoms with van der Waals surface area (Å²) in [5.74, 6) is -1.90. The van der Waals surface area contributed by atoms with Crippen LogP contribution in [-0.2, 0) is 14.8 Å². The van der Waals surface area contributed by atoms with Gasteiger partial charge < -0.3 is 5.11 Å². The highest BCUT2D eigenvalue weighted by molar-refractivity contribution is 7.89. The van der Waals surface area contributed by atoms with Crippen molar-refractivity contribution in [2.75, 3.05) is 6.54 Å². The van der Waals surface area contributed by atoms with Crippen molar-refractivity contribution in [2.45, 2.75) is 25.2 Å². The summed E-state index contributed by atoms with van der Waals surface area (Å²) >= 11 is 0. The number of carboxylic acids is 1. The van der Waals surface area contributed by atoms with Crippen LogP contribution in [0.2, 0.25) is 0 Å². The summed E-state index contributed by atoms with van der Waals surface area (Å²) in [7, 11) is -3.91. The van der Waals surface area contributed by atoms with Crippen LogP contribution in [0.25, 0.3) is 0 Å². The molecule has 1 atom stereocenters. The number of nitrogens with one attached hydrogen (secondary N) is 1. The Labute approximate surface area is 122 Å². The van der Waals surface area contributed by atoms with E-state index < -0.39 is 26.8 Å². The van der Waals surface area contributed by atoms with Crippen LogP contribution in [0.5, 0.6) is 0 Å². The van der Waals surface area contributed by atoms with E-state index in [-0.39, 0.29) is 29.1 Å². The fourth-order valence-corrected chi connectivity index (χ4v) is 3.05. The van der Waals surface area contributed by atoms with E-state index in [1.807, 2.05) is 0 Å². The molecule has 0 aliphatic heterocycles. The number of benzene rings is 1. The summed E-state index contributed by atoms with van der Waals surface area (Å²) in [6, 6.07) is 3.39. The Morgan fingerprint density at radius 2 is 2.10 bits per heavy atom. The lowest BCUT2D eigenvalue weighted by molar-refractivity contribution is -0.385. The maximum atomic E-state index is 12.1. The molecule has 9 heteroatoms. The zero-order valence-corrected chi connectivity index (χ0v) is 12.4. The summed E-state index contributed by atoms with van der Waals surface area (Å²) in [6.45, 7) is 2.85. The molecule has 0 aliphatic carbocycles. The van der Waals surface area contributed by atoms with Gasteiger partial charge in [-0.2, -0.15) is 0 Å². The first-order chi connectivity index (χ1) is 9.69. The van der Waals surface area contributed by atoms with E-state index in [4.69, 9.17) is 5.11 Å². The normalized spacial score (nSPS) is 12.9. The van der Waals surface area contributed by atoms with Gasteiger partial charge in [-0.3, -0.25) is 14.9 Å². The van der Waals surface area contributed by atoms with E-state index in [1.54, 1.807) is 6.92 Å². The predicted octanol–water partition coefficient (Wildman–Crippen LogP) is 1.29. The number of aryl methyl sites for hydroxylation is 1. The Hall–Kier alpha value is -2.00. The van der Waals surface area contributed by atoms with Crippen LogP contribution in [0, 0.1) is 23.0 Å². The minimum atomic E-state index is -3.91. The molecule has 8 nitrogen and oxygen atoms in total. The molecule has 0 fully saturated rings. The van der Waals surface area contributed by atoms with Crippen LogP contribution in [0.15, 0.2) is 23.1 Å². The standard InChI is InChI=1S/C12H16N2O6S/c1-3-9(12(15)16)7-13-21(19,20)11-5-4-10(14(17)18)6-8(11)2/h4-6,9,13H,3,7H2,1-2H3,(H,15,16). The lowest BCUT2D eigenvalue weighted by Crippen LogP contribution is -2.33. The van der Waals surface area contributed by atoms with E-state index in [1.165, 1.54) is 6.92 Å². The Balaban J connectivity index is 2.98. The van der Waals surface area contributed by atoms with Gasteiger partial charge in [-0.25, -0.2) is 13.1 Å². The highest BCUT2D eigenvalue weighted by Crippen LogP contribution is 2.21. The molecule has 0 heterocycles. The van der Waals surface area contributed by atoms with Crippen LogP contribution in [0.4, 0.5) is 5.69 Å². The van der Waals surface area contributed by atoms with Gasteiger partial charge in [-0.05, 0) is 25.0 Å². The van der Waals surface area contributed by atoms with Gasteiger partial charge in [0, 0.05) is 18.7 Å². The van der Waals surface area contributed by atoms with Gasteiger partial charge in [0.2, 0.25) is 10.0 Å². The second kappa shape index (κ2) is 6.64. The minimum Gasteiger partial charge on any atom is -0.481 e. The number of carbonyl (C=O) groups is 1.